The number of amides is 1. The molecule has 5 atom stereocenters. The van der Waals surface area contributed by atoms with Gasteiger partial charge in [-0.3, -0.25) is 14.5 Å². The number of rotatable bonds is 12. The van der Waals surface area contributed by atoms with E-state index in [0.29, 0.717) is 12.6 Å². The Morgan fingerprint density at radius 3 is 2.47 bits per heavy atom. The maximum Gasteiger partial charge on any atom is 0.303 e. The highest BCUT2D eigenvalue weighted by Crippen LogP contribution is 2.39. The lowest BCUT2D eigenvalue weighted by Crippen LogP contribution is -2.42. The van der Waals surface area contributed by atoms with E-state index < -0.39 is 18.4 Å². The first-order chi connectivity index (χ1) is 21.8. The van der Waals surface area contributed by atoms with Gasteiger partial charge >= 0.3 is 5.97 Å². The van der Waals surface area contributed by atoms with Crippen LogP contribution in [0.3, 0.4) is 0 Å². The number of benzene rings is 3. The number of likely N-dealkylation sites (tertiary alicyclic amines) is 1. The van der Waals surface area contributed by atoms with Crippen LogP contribution in [0, 0.1) is 0 Å². The van der Waals surface area contributed by atoms with Crippen molar-refractivity contribution in [3.05, 3.63) is 95.1 Å². The largest absolute Gasteiger partial charge is 0.453 e. The molecule has 0 radical (unpaired) electrons. The molecule has 2 N–H and O–H groups in total. The zero-order chi connectivity index (χ0) is 31.8. The van der Waals surface area contributed by atoms with Crippen molar-refractivity contribution in [1.82, 2.24) is 10.2 Å². The van der Waals surface area contributed by atoms with Crippen LogP contribution in [0.5, 0.6) is 0 Å². The van der Waals surface area contributed by atoms with Gasteiger partial charge in [-0.25, -0.2) is 0 Å². The number of nitrogens with zero attached hydrogens (tertiary/aromatic N) is 1. The molecule has 2 saturated heterocycles. The van der Waals surface area contributed by atoms with Crippen molar-refractivity contribution >= 4 is 11.9 Å². The Bertz CT molecular complexity index is 1410. The third-order valence-corrected chi connectivity index (χ3v) is 8.53. The number of esters is 1. The summed E-state index contributed by atoms with van der Waals surface area (Å²) in [5.41, 5.74) is 5.87. The average molecular weight is 617 g/mol. The topological polar surface area (TPSA) is 107 Å². The van der Waals surface area contributed by atoms with Crippen molar-refractivity contribution in [3.63, 3.8) is 0 Å². The number of aliphatic hydroxyl groups excluding tert-OH is 1. The minimum absolute atomic E-state index is 0.00912. The van der Waals surface area contributed by atoms with Crippen LogP contribution in [-0.4, -0.2) is 66.9 Å². The van der Waals surface area contributed by atoms with E-state index >= 15 is 0 Å². The fourth-order valence-electron chi connectivity index (χ4n) is 6.14. The number of carbonyl (C=O) groups excluding carboxylic acids is 2. The first-order valence-corrected chi connectivity index (χ1v) is 15.7. The first-order valence-electron chi connectivity index (χ1n) is 15.7. The van der Waals surface area contributed by atoms with Gasteiger partial charge < -0.3 is 29.4 Å². The molecule has 2 heterocycles. The average Bonchev–Trinajstić information content (AvgIpc) is 3.49. The Balaban J connectivity index is 1.29. The zero-order valence-electron chi connectivity index (χ0n) is 26.3. The van der Waals surface area contributed by atoms with Crippen LogP contribution in [0.4, 0.5) is 0 Å². The molecular weight excluding hydrogens is 572 g/mol. The Hall–Kier alpha value is -3.60. The van der Waals surface area contributed by atoms with Gasteiger partial charge in [0.15, 0.2) is 12.4 Å². The lowest BCUT2D eigenvalue weighted by atomic mass is 9.98. The minimum atomic E-state index is -0.844. The van der Waals surface area contributed by atoms with E-state index in [1.807, 2.05) is 60.7 Å². The number of aliphatic hydroxyl groups is 1. The lowest BCUT2D eigenvalue weighted by molar-refractivity contribution is -0.253. The van der Waals surface area contributed by atoms with Gasteiger partial charge in [-0.2, -0.15) is 0 Å². The monoisotopic (exact) mass is 616 g/mol. The standard InChI is InChI=1S/C36H44N2O7/c1-24(43-25(2)40)35(41)37-20-27-6-4-7-31(18-27)28-13-15-30(16-14-28)36-44-33(21-38-17-5-8-32(38)23-42-3)19-34(45-36)29-11-9-26(22-39)10-12-29/h4,6-7,9-16,18,24,32-34,36,39H,5,8,17,19-23H2,1-3H3,(H,37,41)/t24-,32-,33+,34-,36-/m0/s1. The fourth-order valence-corrected chi connectivity index (χ4v) is 6.14. The minimum Gasteiger partial charge on any atom is -0.453 e. The van der Waals surface area contributed by atoms with E-state index in [9.17, 15) is 14.7 Å². The molecule has 0 aromatic heterocycles. The van der Waals surface area contributed by atoms with Crippen molar-refractivity contribution in [2.75, 3.05) is 26.8 Å². The summed E-state index contributed by atoms with van der Waals surface area (Å²) in [4.78, 5) is 25.9. The van der Waals surface area contributed by atoms with Crippen molar-refractivity contribution in [2.24, 2.45) is 0 Å². The Morgan fingerprint density at radius 1 is 1.00 bits per heavy atom. The van der Waals surface area contributed by atoms with Gasteiger partial charge in [-0.15, -0.1) is 0 Å². The SMILES string of the molecule is COC[C@@H]1CCCN1C[C@H]1C[C@@H](c2ccc(CO)cc2)O[C@@H](c2ccc(-c3cccc(CNC(=O)[C@H](C)OC(C)=O)c3)cc2)O1. The molecule has 1 amide bonds. The van der Waals surface area contributed by atoms with Gasteiger partial charge in [0.25, 0.3) is 5.91 Å². The molecule has 9 nitrogen and oxygen atoms in total. The van der Waals surface area contributed by atoms with Crippen LogP contribution < -0.4 is 5.32 Å². The van der Waals surface area contributed by atoms with Crippen LogP contribution >= 0.6 is 0 Å². The highest BCUT2D eigenvalue weighted by molar-refractivity contribution is 5.82. The van der Waals surface area contributed by atoms with Crippen molar-refractivity contribution in [2.45, 2.75) is 76.9 Å². The predicted octanol–water partition coefficient (Wildman–Crippen LogP) is 5.07. The molecule has 0 unspecified atom stereocenters. The number of carbonyl (C=O) groups is 2. The summed E-state index contributed by atoms with van der Waals surface area (Å²) in [5, 5.41) is 12.3. The second-order valence-electron chi connectivity index (χ2n) is 11.9. The van der Waals surface area contributed by atoms with Gasteiger partial charge in [-0.05, 0) is 60.2 Å². The molecule has 3 aromatic carbocycles. The summed E-state index contributed by atoms with van der Waals surface area (Å²) in [6.07, 6.45) is 1.52. The van der Waals surface area contributed by atoms with Gasteiger partial charge in [0, 0.05) is 45.1 Å². The van der Waals surface area contributed by atoms with E-state index in [4.69, 9.17) is 18.9 Å². The van der Waals surface area contributed by atoms with Crippen molar-refractivity contribution in [1.29, 1.82) is 0 Å². The second kappa shape index (κ2) is 15.6. The maximum absolute atomic E-state index is 12.3. The molecular formula is C36H44N2O7. The number of ether oxygens (including phenoxy) is 4. The summed E-state index contributed by atoms with van der Waals surface area (Å²) in [6, 6.07) is 24.6. The molecule has 2 fully saturated rings. The second-order valence-corrected chi connectivity index (χ2v) is 11.9. The Labute approximate surface area is 265 Å². The normalized spacial score (nSPS) is 22.6. The highest BCUT2D eigenvalue weighted by atomic mass is 16.7. The van der Waals surface area contributed by atoms with E-state index in [0.717, 1.165) is 72.3 Å². The molecule has 0 bridgehead atoms. The van der Waals surface area contributed by atoms with Gasteiger partial charge in [0.1, 0.15) is 0 Å². The van der Waals surface area contributed by atoms with E-state index in [1.54, 1.807) is 14.0 Å². The van der Waals surface area contributed by atoms with Crippen molar-refractivity contribution in [3.8, 4) is 11.1 Å². The predicted molar refractivity (Wildman–Crippen MR) is 170 cm³/mol. The highest BCUT2D eigenvalue weighted by Gasteiger charge is 2.35. The molecule has 9 heteroatoms. The smallest absolute Gasteiger partial charge is 0.303 e. The molecule has 0 saturated carbocycles. The molecule has 0 aliphatic carbocycles. The quantitative estimate of drug-likeness (QED) is 0.272. The Kier molecular flexibility index (Phi) is 11.4. The number of hydrogen-bond acceptors (Lipinski definition) is 8. The van der Waals surface area contributed by atoms with Gasteiger partial charge in [0.05, 0.1) is 25.4 Å². The van der Waals surface area contributed by atoms with Crippen LogP contribution in [0.2, 0.25) is 0 Å². The number of nitrogens with one attached hydrogen (secondary N) is 1. The van der Waals surface area contributed by atoms with Gasteiger partial charge in [-0.1, -0.05) is 66.7 Å². The molecule has 2 aliphatic rings. The molecule has 45 heavy (non-hydrogen) atoms. The van der Waals surface area contributed by atoms with E-state index in [2.05, 4.69) is 22.3 Å². The summed E-state index contributed by atoms with van der Waals surface area (Å²) in [7, 11) is 1.76. The maximum atomic E-state index is 12.3. The zero-order valence-corrected chi connectivity index (χ0v) is 26.3. The first kappa shape index (κ1) is 32.8. The summed E-state index contributed by atoms with van der Waals surface area (Å²) in [6.45, 7) is 5.75. The van der Waals surface area contributed by atoms with Gasteiger partial charge in [0.2, 0.25) is 0 Å². The van der Waals surface area contributed by atoms with Crippen LogP contribution in [0.25, 0.3) is 11.1 Å². The van der Waals surface area contributed by atoms with E-state index in [-0.39, 0.29) is 24.7 Å². The lowest BCUT2D eigenvalue weighted by Gasteiger charge is -2.38. The van der Waals surface area contributed by atoms with E-state index in [1.165, 1.54) is 6.92 Å². The summed E-state index contributed by atoms with van der Waals surface area (Å²) < 4.78 is 23.6. The Morgan fingerprint density at radius 2 is 1.76 bits per heavy atom. The van der Waals surface area contributed by atoms with Crippen LogP contribution in [0.15, 0.2) is 72.8 Å². The molecule has 0 spiro atoms. The van der Waals surface area contributed by atoms with Crippen LogP contribution in [-0.2, 0) is 41.7 Å². The summed E-state index contributed by atoms with van der Waals surface area (Å²) in [5.74, 6) is -0.829. The molecule has 5 rings (SSSR count). The molecule has 3 aromatic rings. The fraction of sp³-hybridized carbons (Fsp3) is 0.444. The molecule has 2 aliphatic heterocycles. The molecule has 240 valence electrons. The van der Waals surface area contributed by atoms with Crippen molar-refractivity contribution < 1.29 is 33.6 Å². The third-order valence-electron chi connectivity index (χ3n) is 8.53. The number of hydrogen-bond donors (Lipinski definition) is 2. The summed E-state index contributed by atoms with van der Waals surface area (Å²) >= 11 is 0. The number of methoxy groups -OCH3 is 1. The van der Waals surface area contributed by atoms with Crippen LogP contribution in [0.1, 0.15) is 67.8 Å². The third kappa shape index (κ3) is 8.77.